The van der Waals surface area contributed by atoms with Gasteiger partial charge < -0.3 is 9.84 Å². The summed E-state index contributed by atoms with van der Waals surface area (Å²) in [6, 6.07) is 6.54. The second-order valence-corrected chi connectivity index (χ2v) is 8.15. The lowest BCUT2D eigenvalue weighted by Crippen LogP contribution is -2.47. The zero-order valence-electron chi connectivity index (χ0n) is 14.8. The maximum Gasteiger partial charge on any atom is 0.133 e. The molecular weight excluding hydrogens is 300 g/mol. The highest BCUT2D eigenvalue weighted by Gasteiger charge is 2.58. The molecule has 0 bridgehead atoms. The van der Waals surface area contributed by atoms with Crippen molar-refractivity contribution in [2.45, 2.75) is 51.4 Å². The van der Waals surface area contributed by atoms with E-state index in [4.69, 9.17) is 4.74 Å². The third kappa shape index (κ3) is 2.17. The number of benzene rings is 1. The second-order valence-electron chi connectivity index (χ2n) is 8.15. The molecule has 0 heterocycles. The Bertz CT molecular complexity index is 652. The van der Waals surface area contributed by atoms with Crippen molar-refractivity contribution in [1.82, 2.24) is 0 Å². The lowest BCUT2D eigenvalue weighted by molar-refractivity contribution is -0.129. The number of ketones is 1. The first-order chi connectivity index (χ1) is 11.6. The fourth-order valence-corrected chi connectivity index (χ4v) is 6.41. The maximum absolute atomic E-state index is 12.2. The summed E-state index contributed by atoms with van der Waals surface area (Å²) in [4.78, 5) is 12.2. The first-order valence-corrected chi connectivity index (χ1v) is 9.39. The van der Waals surface area contributed by atoms with E-state index in [0.717, 1.165) is 37.9 Å². The Kier molecular flexibility index (Phi) is 3.95. The molecule has 3 heteroatoms. The standard InChI is InChI=1S/C21H28O3/c1-13(23)19-7-8-20-18-5-3-14-11-15(24-2)4-6-16(14)17(18)9-10-21(19,20)12-22/h4,6,11,17-20,22H,3,5,7-10,12H2,1-2H3/t17-,18-,19-,20+,21+/m1/s1. The molecule has 1 aromatic carbocycles. The van der Waals surface area contributed by atoms with E-state index in [1.807, 2.05) is 0 Å². The van der Waals surface area contributed by atoms with Crippen LogP contribution in [0.15, 0.2) is 18.2 Å². The summed E-state index contributed by atoms with van der Waals surface area (Å²) < 4.78 is 5.39. The van der Waals surface area contributed by atoms with E-state index < -0.39 is 0 Å². The van der Waals surface area contributed by atoms with Gasteiger partial charge >= 0.3 is 0 Å². The number of ether oxygens (including phenoxy) is 1. The number of Topliss-reactive ketones (excluding diaryl/α,β-unsaturated/α-hetero) is 1. The van der Waals surface area contributed by atoms with Crippen molar-refractivity contribution in [3.05, 3.63) is 29.3 Å². The predicted molar refractivity (Wildman–Crippen MR) is 93.2 cm³/mol. The van der Waals surface area contributed by atoms with Gasteiger partial charge in [0.1, 0.15) is 11.5 Å². The molecule has 3 nitrogen and oxygen atoms in total. The number of hydrogen-bond acceptors (Lipinski definition) is 3. The Hall–Kier alpha value is -1.35. The van der Waals surface area contributed by atoms with Crippen molar-refractivity contribution in [1.29, 1.82) is 0 Å². The third-order valence-electron chi connectivity index (χ3n) is 7.43. The van der Waals surface area contributed by atoms with Gasteiger partial charge in [-0.3, -0.25) is 4.79 Å². The normalized spacial score (nSPS) is 37.3. The maximum atomic E-state index is 12.2. The molecule has 3 aliphatic rings. The van der Waals surface area contributed by atoms with Crippen LogP contribution in [0, 0.1) is 23.2 Å². The zero-order valence-corrected chi connectivity index (χ0v) is 14.8. The predicted octanol–water partition coefficient (Wildman–Crippen LogP) is 3.73. The van der Waals surface area contributed by atoms with Gasteiger partial charge in [0.2, 0.25) is 0 Å². The lowest BCUT2D eigenvalue weighted by Gasteiger charge is -2.51. The van der Waals surface area contributed by atoms with Crippen LogP contribution in [0.5, 0.6) is 5.75 Å². The van der Waals surface area contributed by atoms with Crippen LogP contribution in [0.3, 0.4) is 0 Å². The van der Waals surface area contributed by atoms with Crippen LogP contribution in [0.4, 0.5) is 0 Å². The van der Waals surface area contributed by atoms with Crippen molar-refractivity contribution in [3.63, 3.8) is 0 Å². The van der Waals surface area contributed by atoms with Gasteiger partial charge in [-0.05, 0) is 86.5 Å². The van der Waals surface area contributed by atoms with Crippen molar-refractivity contribution < 1.29 is 14.6 Å². The first kappa shape index (κ1) is 16.1. The summed E-state index contributed by atoms with van der Waals surface area (Å²) in [5.41, 5.74) is 2.79. The first-order valence-electron chi connectivity index (χ1n) is 9.39. The van der Waals surface area contributed by atoms with Crippen molar-refractivity contribution in [2.75, 3.05) is 13.7 Å². The molecule has 130 valence electrons. The molecule has 3 aliphatic carbocycles. The quantitative estimate of drug-likeness (QED) is 0.919. The second kappa shape index (κ2) is 5.87. The van der Waals surface area contributed by atoms with Crippen LogP contribution in [0.25, 0.3) is 0 Å². The fraction of sp³-hybridized carbons (Fsp3) is 0.667. The number of methoxy groups -OCH3 is 1. The average Bonchev–Trinajstić information content (AvgIpc) is 3.01. The van der Waals surface area contributed by atoms with Gasteiger partial charge in [0, 0.05) is 17.9 Å². The molecule has 1 N–H and O–H groups in total. The summed E-state index contributed by atoms with van der Waals surface area (Å²) in [5, 5.41) is 10.3. The zero-order chi connectivity index (χ0) is 16.9. The Morgan fingerprint density at radius 3 is 2.83 bits per heavy atom. The van der Waals surface area contributed by atoms with Crippen LogP contribution < -0.4 is 4.74 Å². The Morgan fingerprint density at radius 1 is 1.29 bits per heavy atom. The number of carbonyl (C=O) groups excluding carboxylic acids is 1. The summed E-state index contributed by atoms with van der Waals surface area (Å²) in [7, 11) is 1.73. The highest BCUT2D eigenvalue weighted by molar-refractivity contribution is 5.79. The van der Waals surface area contributed by atoms with Gasteiger partial charge in [-0.2, -0.15) is 0 Å². The molecule has 0 aliphatic heterocycles. The molecule has 0 unspecified atom stereocenters. The van der Waals surface area contributed by atoms with E-state index in [1.165, 1.54) is 17.5 Å². The summed E-state index contributed by atoms with van der Waals surface area (Å²) in [5.74, 6) is 3.03. The summed E-state index contributed by atoms with van der Waals surface area (Å²) >= 11 is 0. The lowest BCUT2D eigenvalue weighted by atomic mass is 9.53. The van der Waals surface area contributed by atoms with Crippen molar-refractivity contribution >= 4 is 5.78 Å². The van der Waals surface area contributed by atoms with E-state index in [1.54, 1.807) is 14.0 Å². The smallest absolute Gasteiger partial charge is 0.133 e. The van der Waals surface area contributed by atoms with E-state index in [9.17, 15) is 9.90 Å². The molecule has 5 atom stereocenters. The van der Waals surface area contributed by atoms with Crippen LogP contribution in [0.1, 0.15) is 56.1 Å². The molecule has 0 aromatic heterocycles. The molecule has 0 spiro atoms. The SMILES string of the molecule is COc1ccc2c(c1)CC[C@@H]1[C@@H]2CC[C@]2(CO)[C@@H](C(C)=O)CC[C@@H]12. The van der Waals surface area contributed by atoms with E-state index in [2.05, 4.69) is 18.2 Å². The van der Waals surface area contributed by atoms with Crippen molar-refractivity contribution in [3.8, 4) is 5.75 Å². The topological polar surface area (TPSA) is 46.5 Å². The molecular formula is C21H28O3. The number of hydrogen-bond donors (Lipinski definition) is 1. The van der Waals surface area contributed by atoms with Gasteiger partial charge in [-0.1, -0.05) is 6.07 Å². The Morgan fingerprint density at radius 2 is 2.12 bits per heavy atom. The van der Waals surface area contributed by atoms with Gasteiger partial charge in [0.25, 0.3) is 0 Å². The fourth-order valence-electron chi connectivity index (χ4n) is 6.41. The summed E-state index contributed by atoms with van der Waals surface area (Å²) in [6.45, 7) is 1.90. The molecule has 2 fully saturated rings. The molecule has 1 aromatic rings. The minimum Gasteiger partial charge on any atom is -0.497 e. The number of aliphatic hydroxyl groups excluding tert-OH is 1. The monoisotopic (exact) mass is 328 g/mol. The molecule has 4 rings (SSSR count). The summed E-state index contributed by atoms with van der Waals surface area (Å²) in [6.07, 6.45) is 6.45. The number of aryl methyl sites for hydroxylation is 1. The number of rotatable bonds is 3. The van der Waals surface area contributed by atoms with Crippen LogP contribution in [-0.4, -0.2) is 24.6 Å². The van der Waals surface area contributed by atoms with Gasteiger partial charge in [0.05, 0.1) is 7.11 Å². The minimum atomic E-state index is -0.142. The minimum absolute atomic E-state index is 0.0747. The Balaban J connectivity index is 1.68. The number of aliphatic hydroxyl groups is 1. The van der Waals surface area contributed by atoms with Gasteiger partial charge in [-0.25, -0.2) is 0 Å². The van der Waals surface area contributed by atoms with Gasteiger partial charge in [0.15, 0.2) is 0 Å². The van der Waals surface area contributed by atoms with Crippen LogP contribution in [-0.2, 0) is 11.2 Å². The van der Waals surface area contributed by atoms with E-state index >= 15 is 0 Å². The molecule has 0 amide bonds. The van der Waals surface area contributed by atoms with E-state index in [-0.39, 0.29) is 23.7 Å². The average molecular weight is 328 g/mol. The van der Waals surface area contributed by atoms with E-state index in [0.29, 0.717) is 17.8 Å². The van der Waals surface area contributed by atoms with Crippen LogP contribution >= 0.6 is 0 Å². The highest BCUT2D eigenvalue weighted by Crippen LogP contribution is 2.63. The molecule has 0 saturated heterocycles. The van der Waals surface area contributed by atoms with Crippen molar-refractivity contribution in [2.24, 2.45) is 23.2 Å². The third-order valence-corrected chi connectivity index (χ3v) is 7.43. The number of fused-ring (bicyclic) bond motifs is 5. The largest absolute Gasteiger partial charge is 0.497 e. The van der Waals surface area contributed by atoms with Crippen LogP contribution in [0.2, 0.25) is 0 Å². The van der Waals surface area contributed by atoms with Gasteiger partial charge in [-0.15, -0.1) is 0 Å². The molecule has 2 saturated carbocycles. The Labute approximate surface area is 144 Å². The highest BCUT2D eigenvalue weighted by atomic mass is 16.5. The number of carbonyl (C=O) groups is 1. The molecule has 0 radical (unpaired) electrons. The molecule has 24 heavy (non-hydrogen) atoms.